The van der Waals surface area contributed by atoms with Crippen LogP contribution in [0.2, 0.25) is 0 Å². The summed E-state index contributed by atoms with van der Waals surface area (Å²) in [6.45, 7) is 0. The minimum atomic E-state index is -5.05. The fourth-order valence-electron chi connectivity index (χ4n) is 6.12. The lowest BCUT2D eigenvalue weighted by molar-refractivity contribution is 0.416. The van der Waals surface area contributed by atoms with Crippen molar-refractivity contribution in [3.8, 4) is 34.1 Å². The highest BCUT2D eigenvalue weighted by Gasteiger charge is 2.24. The molecule has 21 heteroatoms. The third-order valence-corrected chi connectivity index (χ3v) is 11.6. The first-order valence-electron chi connectivity index (χ1n) is 17.0. The molecule has 7 aromatic carbocycles. The van der Waals surface area contributed by atoms with Gasteiger partial charge in [-0.25, -0.2) is 0 Å². The molecular formula is C39H29N5O13S3. The van der Waals surface area contributed by atoms with Gasteiger partial charge in [0.05, 0.1) is 12.0 Å². The van der Waals surface area contributed by atoms with Crippen LogP contribution in [0.3, 0.4) is 0 Å². The fourth-order valence-corrected chi connectivity index (χ4v) is 7.91. The van der Waals surface area contributed by atoms with E-state index in [2.05, 4.69) is 25.8 Å². The number of ether oxygens (including phenoxy) is 1. The number of hydrogen-bond donors (Lipinski definition) is 7. The molecule has 0 aliphatic carbocycles. The number of azo groups is 2. The van der Waals surface area contributed by atoms with Crippen LogP contribution >= 0.6 is 0 Å². The molecule has 0 aliphatic rings. The van der Waals surface area contributed by atoms with E-state index in [0.717, 1.165) is 36.0 Å². The smallest absolute Gasteiger partial charge is 0.298 e. The first-order valence-corrected chi connectivity index (χ1v) is 21.3. The molecule has 0 atom stereocenters. The third kappa shape index (κ3) is 8.42. The first-order chi connectivity index (χ1) is 28.3. The Morgan fingerprint density at radius 3 is 1.80 bits per heavy atom. The lowest BCUT2D eigenvalue weighted by Crippen LogP contribution is -2.00. The number of methoxy groups -OCH3 is 1. The fraction of sp³-hybridized carbons (Fsp3) is 0.0256. The maximum Gasteiger partial charge on any atom is 0.298 e. The van der Waals surface area contributed by atoms with Crippen molar-refractivity contribution < 1.29 is 59.0 Å². The molecule has 0 fully saturated rings. The van der Waals surface area contributed by atoms with Crippen molar-refractivity contribution >= 4 is 86.0 Å². The standard InChI is InChI=1S/C39H29N5O13S3/c1-57-33-17-22(9-14-31(33)42-43-36-28-12-11-27(58(48,49)50)15-24(28)19-35(39(36)47)60(54,55)56)21-8-13-30(32(45)16-21)41-44-37-34(59(51,52)53)18-23-7-10-26(20-29(23)38(37)46)40-25-5-3-2-4-6-25/h2-20,40,45-47H,1H3,(H,48,49,50)(H,51,52,53)(H,54,55,56). The third-order valence-electron chi connectivity index (χ3n) is 9.00. The van der Waals surface area contributed by atoms with Gasteiger partial charge in [0.15, 0.2) is 11.5 Å². The van der Waals surface area contributed by atoms with Crippen LogP contribution < -0.4 is 10.1 Å². The highest BCUT2D eigenvalue weighted by molar-refractivity contribution is 7.86. The van der Waals surface area contributed by atoms with E-state index in [-0.39, 0.29) is 38.7 Å². The zero-order valence-corrected chi connectivity index (χ0v) is 33.0. The van der Waals surface area contributed by atoms with Gasteiger partial charge in [-0.15, -0.1) is 20.5 Å². The SMILES string of the molecule is COc1cc(-c2ccc(N=Nc3c(S(=O)(=O)O)cc4ccc(Nc5ccccc5)cc4c3O)c(O)c2)ccc1N=Nc1c(O)c(S(=O)(=O)O)cc2cc(S(=O)(=O)O)ccc12. The van der Waals surface area contributed by atoms with E-state index in [1.54, 1.807) is 24.3 Å². The predicted molar refractivity (Wildman–Crippen MR) is 219 cm³/mol. The van der Waals surface area contributed by atoms with Crippen LogP contribution in [-0.4, -0.2) is 61.3 Å². The first kappa shape index (κ1) is 41.2. The number of phenolic OH excluding ortho intramolecular Hbond substituents is 3. The van der Waals surface area contributed by atoms with Crippen LogP contribution in [0.15, 0.2) is 150 Å². The molecule has 60 heavy (non-hydrogen) atoms. The predicted octanol–water partition coefficient (Wildman–Crippen LogP) is 9.10. The summed E-state index contributed by atoms with van der Waals surface area (Å²) in [5.74, 6) is -1.90. The average molecular weight is 872 g/mol. The summed E-state index contributed by atoms with van der Waals surface area (Å²) in [4.78, 5) is -2.31. The second-order valence-electron chi connectivity index (χ2n) is 12.9. The number of phenols is 3. The molecule has 0 heterocycles. The second-order valence-corrected chi connectivity index (χ2v) is 17.1. The summed E-state index contributed by atoms with van der Waals surface area (Å²) in [6.07, 6.45) is 0. The molecule has 0 unspecified atom stereocenters. The van der Waals surface area contributed by atoms with Gasteiger partial charge in [0, 0.05) is 22.1 Å². The molecule has 18 nitrogen and oxygen atoms in total. The van der Waals surface area contributed by atoms with Crippen molar-refractivity contribution in [2.45, 2.75) is 14.7 Å². The van der Waals surface area contributed by atoms with Crippen LogP contribution in [0.25, 0.3) is 32.7 Å². The molecule has 7 rings (SSSR count). The number of hydrogen-bond acceptors (Lipinski definition) is 15. The van der Waals surface area contributed by atoms with Gasteiger partial charge >= 0.3 is 0 Å². The lowest BCUT2D eigenvalue weighted by atomic mass is 10.0. The van der Waals surface area contributed by atoms with Gasteiger partial charge in [-0.1, -0.05) is 42.5 Å². The van der Waals surface area contributed by atoms with Crippen molar-refractivity contribution in [2.75, 3.05) is 12.4 Å². The van der Waals surface area contributed by atoms with Crippen molar-refractivity contribution in [1.29, 1.82) is 0 Å². The van der Waals surface area contributed by atoms with Crippen LogP contribution in [0, 0.1) is 0 Å². The van der Waals surface area contributed by atoms with E-state index in [4.69, 9.17) is 4.74 Å². The Kier molecular flexibility index (Phi) is 10.7. The Morgan fingerprint density at radius 1 is 0.517 bits per heavy atom. The molecule has 0 spiro atoms. The van der Waals surface area contributed by atoms with E-state index < -0.39 is 73.7 Å². The summed E-state index contributed by atoms with van der Waals surface area (Å²) in [5.41, 5.74) is 1.07. The molecule has 0 bridgehead atoms. The summed E-state index contributed by atoms with van der Waals surface area (Å²) in [7, 11) is -13.4. The quantitative estimate of drug-likeness (QED) is 0.0471. The maximum atomic E-state index is 12.4. The number of fused-ring (bicyclic) bond motifs is 2. The van der Waals surface area contributed by atoms with Gasteiger partial charge in [0.25, 0.3) is 30.4 Å². The largest absolute Gasteiger partial charge is 0.506 e. The van der Waals surface area contributed by atoms with Gasteiger partial charge < -0.3 is 25.4 Å². The van der Waals surface area contributed by atoms with Gasteiger partial charge in [0.1, 0.15) is 44.0 Å². The maximum absolute atomic E-state index is 12.4. The van der Waals surface area contributed by atoms with Crippen molar-refractivity contribution in [3.63, 3.8) is 0 Å². The molecule has 7 aromatic rings. The van der Waals surface area contributed by atoms with Crippen molar-refractivity contribution in [1.82, 2.24) is 0 Å². The molecular weight excluding hydrogens is 843 g/mol. The van der Waals surface area contributed by atoms with Crippen LogP contribution in [0.4, 0.5) is 34.1 Å². The number of anilines is 2. The topological polar surface area (TPSA) is 294 Å². The minimum Gasteiger partial charge on any atom is -0.506 e. The Morgan fingerprint density at radius 2 is 1.15 bits per heavy atom. The Bertz CT molecular complexity index is 3290. The molecule has 0 aliphatic heterocycles. The second kappa shape index (κ2) is 15.6. The van der Waals surface area contributed by atoms with Gasteiger partial charge in [-0.05, 0) is 94.7 Å². The summed E-state index contributed by atoms with van der Waals surface area (Å²) >= 11 is 0. The van der Waals surface area contributed by atoms with E-state index in [0.29, 0.717) is 16.8 Å². The van der Waals surface area contributed by atoms with Gasteiger partial charge in [0.2, 0.25) is 0 Å². The molecule has 0 radical (unpaired) electrons. The number of nitrogens with zero attached hydrogens (tertiary/aromatic N) is 4. The van der Waals surface area contributed by atoms with Gasteiger partial charge in [-0.2, -0.15) is 25.3 Å². The van der Waals surface area contributed by atoms with Crippen LogP contribution in [-0.2, 0) is 30.4 Å². The molecule has 0 saturated heterocycles. The average Bonchev–Trinajstić information content (AvgIpc) is 3.19. The number of aromatic hydroxyl groups is 3. The Labute approximate surface area is 340 Å². The summed E-state index contributed by atoms with van der Waals surface area (Å²) in [6, 6.07) is 27.6. The molecule has 0 aromatic heterocycles. The zero-order chi connectivity index (χ0) is 43.1. The summed E-state index contributed by atoms with van der Waals surface area (Å²) in [5, 5.41) is 52.4. The zero-order valence-electron chi connectivity index (χ0n) is 30.5. The van der Waals surface area contributed by atoms with Gasteiger partial charge in [-0.3, -0.25) is 13.7 Å². The number of nitrogens with one attached hydrogen (secondary N) is 1. The Hall–Kier alpha value is -7.01. The highest BCUT2D eigenvalue weighted by Crippen LogP contribution is 2.45. The number of benzene rings is 7. The van der Waals surface area contributed by atoms with Crippen LogP contribution in [0.1, 0.15) is 0 Å². The van der Waals surface area contributed by atoms with E-state index in [1.807, 2.05) is 30.3 Å². The highest BCUT2D eigenvalue weighted by atomic mass is 32.2. The monoisotopic (exact) mass is 871 g/mol. The summed E-state index contributed by atoms with van der Waals surface area (Å²) < 4.78 is 107. The number of para-hydroxylation sites is 1. The van der Waals surface area contributed by atoms with E-state index >= 15 is 0 Å². The van der Waals surface area contributed by atoms with Crippen molar-refractivity contribution in [3.05, 3.63) is 115 Å². The van der Waals surface area contributed by atoms with E-state index in [1.165, 1.54) is 37.4 Å². The molecule has 0 saturated carbocycles. The molecule has 0 amide bonds. The Balaban J connectivity index is 1.20. The molecule has 7 N–H and O–H groups in total. The van der Waals surface area contributed by atoms with Crippen LogP contribution in [0.5, 0.6) is 23.0 Å². The normalized spacial score (nSPS) is 12.5. The molecule has 306 valence electrons. The minimum absolute atomic E-state index is 0.00895. The lowest BCUT2D eigenvalue weighted by Gasteiger charge is -2.12. The van der Waals surface area contributed by atoms with E-state index in [9.17, 15) is 54.2 Å². The number of rotatable bonds is 11. The van der Waals surface area contributed by atoms with Crippen molar-refractivity contribution in [2.24, 2.45) is 20.5 Å².